The highest BCUT2D eigenvalue weighted by Gasteiger charge is 2.47. The molecule has 8 heteroatoms. The zero-order chi connectivity index (χ0) is 29.4. The monoisotopic (exact) mass is 588 g/mol. The average Bonchev–Trinajstić information content (AvgIpc) is 3.76. The number of benzene rings is 4. The number of carbonyl (C=O) groups is 1. The van der Waals surface area contributed by atoms with Gasteiger partial charge in [0.15, 0.2) is 10.8 Å². The molecule has 0 aliphatic carbocycles. The molecule has 0 saturated carbocycles. The lowest BCUT2D eigenvalue weighted by atomic mass is 9.90. The Kier molecular flexibility index (Phi) is 6.99. The maximum absolute atomic E-state index is 13.4. The Morgan fingerprint density at radius 1 is 0.791 bits per heavy atom. The van der Waals surface area contributed by atoms with E-state index in [-0.39, 0.29) is 24.1 Å². The van der Waals surface area contributed by atoms with E-state index in [4.69, 9.17) is 24.2 Å². The van der Waals surface area contributed by atoms with Crippen LogP contribution in [0.3, 0.4) is 0 Å². The van der Waals surface area contributed by atoms with Gasteiger partial charge in [-0.1, -0.05) is 72.8 Å². The molecule has 7 rings (SSSR count). The first kappa shape index (κ1) is 27.0. The summed E-state index contributed by atoms with van der Waals surface area (Å²) in [5, 5.41) is 1.25. The first-order chi connectivity index (χ1) is 21.0. The summed E-state index contributed by atoms with van der Waals surface area (Å²) in [7, 11) is 0. The van der Waals surface area contributed by atoms with Gasteiger partial charge in [0.25, 0.3) is 0 Å². The van der Waals surface area contributed by atoms with Crippen molar-refractivity contribution < 1.29 is 19.0 Å². The van der Waals surface area contributed by atoms with Crippen LogP contribution in [0.15, 0.2) is 118 Å². The minimum atomic E-state index is -1.04. The van der Waals surface area contributed by atoms with Crippen LogP contribution < -0.4 is 5.43 Å². The van der Waals surface area contributed by atoms with Gasteiger partial charge in [0.2, 0.25) is 11.8 Å². The fraction of sp³-hybridized carbons (Fsp3) is 0.200. The molecule has 2 aliphatic rings. The topological polar surface area (TPSA) is 86.6 Å². The quantitative estimate of drug-likeness (QED) is 0.152. The number of ether oxygens (including phenoxy) is 3. The number of rotatable bonds is 7. The highest BCUT2D eigenvalue weighted by atomic mass is 32.1. The molecule has 4 aromatic carbocycles. The summed E-state index contributed by atoms with van der Waals surface area (Å²) in [6.45, 7) is 2.54. The molecule has 1 aromatic heterocycles. The second kappa shape index (κ2) is 11.1. The van der Waals surface area contributed by atoms with Crippen molar-refractivity contribution in [3.63, 3.8) is 0 Å². The minimum Gasteiger partial charge on any atom is -0.477 e. The Hall–Kier alpha value is -4.82. The zero-order valence-electron chi connectivity index (χ0n) is 23.4. The largest absolute Gasteiger partial charge is 0.477 e. The van der Waals surface area contributed by atoms with Crippen LogP contribution in [0.1, 0.15) is 40.5 Å². The fourth-order valence-electron chi connectivity index (χ4n) is 5.48. The highest BCUT2D eigenvalue weighted by Crippen LogP contribution is 2.36. The Morgan fingerprint density at radius 3 is 1.98 bits per heavy atom. The molecule has 0 fully saturated rings. The second-order valence-electron chi connectivity index (χ2n) is 10.9. The lowest BCUT2D eigenvalue weighted by molar-refractivity contribution is 0.0423. The molecule has 43 heavy (non-hydrogen) atoms. The van der Waals surface area contributed by atoms with Crippen LogP contribution in [0.2, 0.25) is 0 Å². The number of nitrogens with zero attached hydrogens (tertiary/aromatic N) is 2. The van der Waals surface area contributed by atoms with Gasteiger partial charge in [-0.15, -0.1) is 11.3 Å². The Balaban J connectivity index is 1.19. The smallest absolute Gasteiger partial charge is 0.338 e. The van der Waals surface area contributed by atoms with Crippen LogP contribution in [0.4, 0.5) is 0 Å². The van der Waals surface area contributed by atoms with Crippen LogP contribution in [0, 0.1) is 5.41 Å². The van der Waals surface area contributed by atoms with Crippen molar-refractivity contribution in [2.24, 2.45) is 15.4 Å². The van der Waals surface area contributed by atoms with E-state index in [1.165, 1.54) is 11.3 Å². The van der Waals surface area contributed by atoms with Crippen molar-refractivity contribution in [3.8, 4) is 0 Å². The first-order valence-corrected chi connectivity index (χ1v) is 15.0. The Bertz CT molecular complexity index is 1890. The molecular weight excluding hydrogens is 560 g/mol. The van der Waals surface area contributed by atoms with Gasteiger partial charge in [0.1, 0.15) is 31.9 Å². The number of carbonyl (C=O) groups excluding carboxylic acids is 1. The SMILES string of the molecule is CC(COC(=O)c1ccc2c(=O)c3ccccc3sc2c1)(C1=N[C@@H](c2ccccc2)CO1)C1=N[C@@H](c2ccccc2)CO1. The summed E-state index contributed by atoms with van der Waals surface area (Å²) in [6, 6.07) is 32.1. The van der Waals surface area contributed by atoms with Crippen LogP contribution >= 0.6 is 11.3 Å². The number of hydrogen-bond donors (Lipinski definition) is 0. The molecule has 7 nitrogen and oxygen atoms in total. The van der Waals surface area contributed by atoms with E-state index in [1.54, 1.807) is 18.2 Å². The van der Waals surface area contributed by atoms with Crippen molar-refractivity contribution in [1.29, 1.82) is 0 Å². The van der Waals surface area contributed by atoms with E-state index >= 15 is 0 Å². The zero-order valence-corrected chi connectivity index (χ0v) is 24.3. The predicted molar refractivity (Wildman–Crippen MR) is 169 cm³/mol. The van der Waals surface area contributed by atoms with Crippen LogP contribution in [-0.4, -0.2) is 37.6 Å². The minimum absolute atomic E-state index is 0.0504. The molecule has 0 N–H and O–H groups in total. The van der Waals surface area contributed by atoms with Gasteiger partial charge in [-0.3, -0.25) is 4.79 Å². The normalized spacial score (nSPS) is 18.2. The lowest BCUT2D eigenvalue weighted by Crippen LogP contribution is -2.42. The maximum atomic E-state index is 13.4. The molecule has 214 valence electrons. The van der Waals surface area contributed by atoms with Crippen LogP contribution in [-0.2, 0) is 14.2 Å². The molecule has 2 atom stereocenters. The highest BCUT2D eigenvalue weighted by molar-refractivity contribution is 7.24. The summed E-state index contributed by atoms with van der Waals surface area (Å²) in [5.74, 6) is 0.326. The van der Waals surface area contributed by atoms with Gasteiger partial charge in [-0.05, 0) is 48.4 Å². The standard InChI is InChI=1S/C35H28N2O5S/c1-35(33-36-27(19-40-33)22-10-4-2-5-11-22,34-37-28(20-41-34)23-12-6-3-7-13-23)21-42-32(39)24-16-17-26-30(18-24)43-29-15-9-8-14-25(29)31(26)38/h2-18,27-28H,19-21H2,1H3/t27-,28-/m1/s1. The summed E-state index contributed by atoms with van der Waals surface area (Å²) in [5.41, 5.74) is 1.34. The molecular formula is C35H28N2O5S. The van der Waals surface area contributed by atoms with E-state index in [2.05, 4.69) is 0 Å². The van der Waals surface area contributed by atoms with Crippen LogP contribution in [0.25, 0.3) is 20.2 Å². The third-order valence-electron chi connectivity index (χ3n) is 7.92. The van der Waals surface area contributed by atoms with Crippen molar-refractivity contribution in [3.05, 3.63) is 130 Å². The Labute approximate surface area is 252 Å². The number of esters is 1. The van der Waals surface area contributed by atoms with E-state index < -0.39 is 11.4 Å². The average molecular weight is 589 g/mol. The van der Waals surface area contributed by atoms with Gasteiger partial charge in [0, 0.05) is 20.2 Å². The van der Waals surface area contributed by atoms with Gasteiger partial charge < -0.3 is 14.2 Å². The lowest BCUT2D eigenvalue weighted by Gasteiger charge is -2.27. The molecule has 3 heterocycles. The van der Waals surface area contributed by atoms with Crippen molar-refractivity contribution >= 4 is 49.3 Å². The van der Waals surface area contributed by atoms with E-state index in [1.807, 2.05) is 91.9 Å². The molecule has 0 radical (unpaired) electrons. The molecule has 0 saturated heterocycles. The molecule has 5 aromatic rings. The predicted octanol–water partition coefficient (Wildman–Crippen LogP) is 6.92. The molecule has 0 bridgehead atoms. The van der Waals surface area contributed by atoms with Gasteiger partial charge >= 0.3 is 5.97 Å². The van der Waals surface area contributed by atoms with Gasteiger partial charge in [0.05, 0.1) is 5.56 Å². The summed E-state index contributed by atoms with van der Waals surface area (Å²) < 4.78 is 19.8. The molecule has 0 amide bonds. The van der Waals surface area contributed by atoms with Crippen molar-refractivity contribution in [2.75, 3.05) is 19.8 Å². The second-order valence-corrected chi connectivity index (χ2v) is 12.0. The van der Waals surface area contributed by atoms with Crippen LogP contribution in [0.5, 0.6) is 0 Å². The van der Waals surface area contributed by atoms with E-state index in [0.717, 1.165) is 20.5 Å². The molecule has 0 spiro atoms. The summed E-state index contributed by atoms with van der Waals surface area (Å²) >= 11 is 1.47. The Morgan fingerprint density at radius 2 is 1.35 bits per heavy atom. The summed E-state index contributed by atoms with van der Waals surface area (Å²) in [6.07, 6.45) is 0. The number of fused-ring (bicyclic) bond motifs is 2. The maximum Gasteiger partial charge on any atom is 0.338 e. The van der Waals surface area contributed by atoms with Crippen molar-refractivity contribution in [1.82, 2.24) is 0 Å². The number of hydrogen-bond acceptors (Lipinski definition) is 8. The fourth-order valence-corrected chi connectivity index (χ4v) is 6.59. The molecule has 0 unspecified atom stereocenters. The first-order valence-electron chi connectivity index (χ1n) is 14.1. The summed E-state index contributed by atoms with van der Waals surface area (Å²) in [4.78, 5) is 36.3. The van der Waals surface area contributed by atoms with Crippen molar-refractivity contribution in [2.45, 2.75) is 19.0 Å². The van der Waals surface area contributed by atoms with E-state index in [0.29, 0.717) is 41.3 Å². The third kappa shape index (κ3) is 5.08. The number of aliphatic imine (C=N–C) groups is 2. The van der Waals surface area contributed by atoms with Gasteiger partial charge in [-0.2, -0.15) is 0 Å². The third-order valence-corrected chi connectivity index (χ3v) is 9.05. The van der Waals surface area contributed by atoms with E-state index in [9.17, 15) is 9.59 Å². The van der Waals surface area contributed by atoms with Gasteiger partial charge in [-0.25, -0.2) is 14.8 Å². The molecule has 2 aliphatic heterocycles.